The molecule has 1 heterocycles. The Bertz CT molecular complexity index is 406. The number of carbonyl (C=O) groups is 1. The minimum absolute atomic E-state index is 0.190. The molecule has 7 heteroatoms. The van der Waals surface area contributed by atoms with Crippen molar-refractivity contribution < 1.29 is 14.8 Å². The molecule has 0 bridgehead atoms. The molecule has 1 aromatic heterocycles. The lowest BCUT2D eigenvalue weighted by molar-refractivity contribution is -0.894. The standard InChI is InChI=1S/C6H9N3O2S.C6H15N/c7-4(5(10)11)1-3-2-8-6(12)9-3;1-4-7(5-2)6-3/h2,4H,1,7H2,(H,10,11)(H2,8,9,12);4-6H2,1-3H3. The molecular formula is C12H24N4O2S. The minimum atomic E-state index is -1.27. The van der Waals surface area contributed by atoms with Gasteiger partial charge in [0, 0.05) is 24.4 Å². The highest BCUT2D eigenvalue weighted by Crippen LogP contribution is 1.96. The van der Waals surface area contributed by atoms with Crippen molar-refractivity contribution in [1.29, 1.82) is 0 Å². The fourth-order valence-corrected chi connectivity index (χ4v) is 1.74. The summed E-state index contributed by atoms with van der Waals surface area (Å²) in [6, 6.07) is -0.994. The van der Waals surface area contributed by atoms with Gasteiger partial charge in [-0.2, -0.15) is 0 Å². The first kappa shape index (κ1) is 17.8. The first-order valence-electron chi connectivity index (χ1n) is 6.51. The summed E-state index contributed by atoms with van der Waals surface area (Å²) in [6.07, 6.45) is 1.78. The van der Waals surface area contributed by atoms with Gasteiger partial charge in [0.15, 0.2) is 4.77 Å². The van der Waals surface area contributed by atoms with Gasteiger partial charge in [-0.05, 0) is 33.0 Å². The minimum Gasteiger partial charge on any atom is -0.548 e. The predicted octanol–water partition coefficient (Wildman–Crippen LogP) is -1.38. The Morgan fingerprint density at radius 3 is 2.21 bits per heavy atom. The summed E-state index contributed by atoms with van der Waals surface area (Å²) >= 11 is 4.74. The van der Waals surface area contributed by atoms with Gasteiger partial charge in [-0.3, -0.25) is 0 Å². The quantitative estimate of drug-likeness (QED) is 0.485. The highest BCUT2D eigenvalue weighted by atomic mass is 32.1. The van der Waals surface area contributed by atoms with Crippen molar-refractivity contribution in [2.45, 2.75) is 33.2 Å². The van der Waals surface area contributed by atoms with E-state index < -0.39 is 12.0 Å². The molecule has 0 aliphatic heterocycles. The van der Waals surface area contributed by atoms with Gasteiger partial charge in [-0.25, -0.2) is 0 Å². The number of aliphatic carboxylic acids is 1. The Morgan fingerprint density at radius 1 is 1.42 bits per heavy atom. The number of carboxylic acid groups (broad SMARTS) is 1. The van der Waals surface area contributed by atoms with Crippen LogP contribution in [0.5, 0.6) is 0 Å². The number of nitrogens with two attached hydrogens (primary N) is 1. The molecule has 0 radical (unpaired) electrons. The molecule has 1 atom stereocenters. The summed E-state index contributed by atoms with van der Waals surface area (Å²) in [5.74, 6) is -1.27. The number of H-pyrrole nitrogens is 2. The van der Waals surface area contributed by atoms with Crippen LogP contribution in [-0.2, 0) is 11.2 Å². The number of hydrogen-bond acceptors (Lipinski definition) is 4. The van der Waals surface area contributed by atoms with Crippen molar-refractivity contribution in [2.24, 2.45) is 5.73 Å². The molecule has 1 aromatic rings. The van der Waals surface area contributed by atoms with Crippen molar-refractivity contribution in [2.75, 3.05) is 19.6 Å². The van der Waals surface area contributed by atoms with Crippen LogP contribution in [0.1, 0.15) is 26.5 Å². The molecule has 6 nitrogen and oxygen atoms in total. The molecule has 0 saturated carbocycles. The summed E-state index contributed by atoms with van der Waals surface area (Å²) in [6.45, 7) is 10.5. The summed E-state index contributed by atoms with van der Waals surface area (Å²) < 4.78 is 0.454. The smallest absolute Gasteiger partial charge is 0.174 e. The van der Waals surface area contributed by atoms with Gasteiger partial charge in [0.2, 0.25) is 0 Å². The fraction of sp³-hybridized carbons (Fsp3) is 0.667. The number of aromatic amines is 2. The molecule has 5 N–H and O–H groups in total. The first-order chi connectivity index (χ1) is 8.94. The molecule has 0 aliphatic rings. The summed E-state index contributed by atoms with van der Waals surface area (Å²) in [5, 5.41) is 10.2. The number of hydrogen-bond donors (Lipinski definition) is 4. The van der Waals surface area contributed by atoms with Crippen molar-refractivity contribution in [3.8, 4) is 0 Å². The number of imidazole rings is 1. The Labute approximate surface area is 119 Å². The lowest BCUT2D eigenvalue weighted by Gasteiger charge is -2.10. The second-order valence-corrected chi connectivity index (χ2v) is 4.62. The van der Waals surface area contributed by atoms with E-state index in [4.69, 9.17) is 18.0 Å². The van der Waals surface area contributed by atoms with Gasteiger partial charge in [0.05, 0.1) is 25.6 Å². The van der Waals surface area contributed by atoms with Crippen LogP contribution in [0, 0.1) is 4.77 Å². The molecular weight excluding hydrogens is 264 g/mol. The van der Waals surface area contributed by atoms with E-state index in [-0.39, 0.29) is 6.42 Å². The Balaban J connectivity index is 0.000000399. The monoisotopic (exact) mass is 288 g/mol. The van der Waals surface area contributed by atoms with Crippen LogP contribution < -0.4 is 15.7 Å². The lowest BCUT2D eigenvalue weighted by Crippen LogP contribution is -3.11. The van der Waals surface area contributed by atoms with Gasteiger partial charge >= 0.3 is 0 Å². The maximum atomic E-state index is 10.2. The summed E-state index contributed by atoms with van der Waals surface area (Å²) in [4.78, 5) is 17.4. The van der Waals surface area contributed by atoms with Gasteiger partial charge < -0.3 is 30.5 Å². The Kier molecular flexibility index (Phi) is 9.11. The maximum absolute atomic E-state index is 10.2. The highest BCUT2D eigenvalue weighted by molar-refractivity contribution is 7.71. The largest absolute Gasteiger partial charge is 0.548 e. The summed E-state index contributed by atoms with van der Waals surface area (Å²) in [5.41, 5.74) is 5.89. The number of carbonyl (C=O) groups excluding carboxylic acids is 1. The van der Waals surface area contributed by atoms with Crippen molar-refractivity contribution in [3.63, 3.8) is 0 Å². The van der Waals surface area contributed by atoms with E-state index in [1.54, 1.807) is 11.1 Å². The average molecular weight is 288 g/mol. The fourth-order valence-electron chi connectivity index (χ4n) is 1.55. The van der Waals surface area contributed by atoms with Gasteiger partial charge in [-0.15, -0.1) is 0 Å². The third kappa shape index (κ3) is 7.76. The van der Waals surface area contributed by atoms with Crippen molar-refractivity contribution >= 4 is 18.2 Å². The van der Waals surface area contributed by atoms with Crippen LogP contribution in [0.4, 0.5) is 0 Å². The molecule has 110 valence electrons. The average Bonchev–Trinajstić information content (AvgIpc) is 2.77. The van der Waals surface area contributed by atoms with E-state index >= 15 is 0 Å². The van der Waals surface area contributed by atoms with Crippen LogP contribution in [0.25, 0.3) is 0 Å². The number of nitrogens with one attached hydrogen (secondary N) is 3. The second-order valence-electron chi connectivity index (χ2n) is 4.21. The van der Waals surface area contributed by atoms with E-state index in [1.165, 1.54) is 19.6 Å². The Morgan fingerprint density at radius 2 is 1.95 bits per heavy atom. The Hall–Kier alpha value is -1.18. The van der Waals surface area contributed by atoms with E-state index in [0.717, 1.165) is 0 Å². The molecule has 19 heavy (non-hydrogen) atoms. The predicted molar refractivity (Wildman–Crippen MR) is 75.2 cm³/mol. The van der Waals surface area contributed by atoms with E-state index in [0.29, 0.717) is 10.5 Å². The van der Waals surface area contributed by atoms with Crippen LogP contribution in [0.2, 0.25) is 0 Å². The zero-order valence-corrected chi connectivity index (χ0v) is 12.6. The van der Waals surface area contributed by atoms with Crippen LogP contribution >= 0.6 is 12.2 Å². The van der Waals surface area contributed by atoms with E-state index in [9.17, 15) is 9.90 Å². The third-order valence-electron chi connectivity index (χ3n) is 2.89. The first-order valence-corrected chi connectivity index (χ1v) is 6.91. The molecule has 0 saturated heterocycles. The molecule has 0 aliphatic carbocycles. The SMILES string of the molecule is CC[NH+](CC)CC.NC(Cc1c[nH]c(=S)[nH]1)C(=O)[O-]. The lowest BCUT2D eigenvalue weighted by atomic mass is 10.2. The zero-order valence-electron chi connectivity index (χ0n) is 11.8. The zero-order chi connectivity index (χ0) is 14.8. The van der Waals surface area contributed by atoms with Crippen molar-refractivity contribution in [1.82, 2.24) is 9.97 Å². The van der Waals surface area contributed by atoms with Gasteiger partial charge in [-0.1, -0.05) is 0 Å². The number of aromatic nitrogens is 2. The molecule has 1 unspecified atom stereocenters. The second kappa shape index (κ2) is 9.71. The van der Waals surface area contributed by atoms with E-state index in [1.807, 2.05) is 0 Å². The van der Waals surface area contributed by atoms with E-state index in [2.05, 4.69) is 30.7 Å². The maximum Gasteiger partial charge on any atom is 0.174 e. The molecule has 0 aromatic carbocycles. The third-order valence-corrected chi connectivity index (χ3v) is 3.11. The van der Waals surface area contributed by atoms with Crippen LogP contribution in [0.15, 0.2) is 6.20 Å². The van der Waals surface area contributed by atoms with Crippen LogP contribution in [0.3, 0.4) is 0 Å². The molecule has 0 spiro atoms. The number of rotatable bonds is 6. The van der Waals surface area contributed by atoms with Gasteiger partial charge in [0.1, 0.15) is 0 Å². The highest BCUT2D eigenvalue weighted by Gasteiger charge is 2.04. The molecule has 1 rings (SSSR count). The molecule has 0 fully saturated rings. The normalized spacial score (nSPS) is 11.8. The molecule has 0 amide bonds. The topological polar surface area (TPSA) is 102 Å². The number of carboxylic acids is 1. The van der Waals surface area contributed by atoms with Gasteiger partial charge in [0.25, 0.3) is 0 Å². The number of quaternary nitrogens is 1. The van der Waals surface area contributed by atoms with Crippen molar-refractivity contribution in [3.05, 3.63) is 16.7 Å². The van der Waals surface area contributed by atoms with Crippen LogP contribution in [-0.4, -0.2) is 41.6 Å². The summed E-state index contributed by atoms with van der Waals surface area (Å²) in [7, 11) is 0.